The van der Waals surface area contributed by atoms with Gasteiger partial charge in [0.1, 0.15) is 18.0 Å². The van der Waals surface area contributed by atoms with Crippen LogP contribution in [0.3, 0.4) is 0 Å². The molecule has 0 aromatic carbocycles. The fourth-order valence-electron chi connectivity index (χ4n) is 3.65. The predicted octanol–water partition coefficient (Wildman–Crippen LogP) is 1.91. The maximum atomic E-state index is 13.2. The zero-order valence-electron chi connectivity index (χ0n) is 20.7. The minimum absolute atomic E-state index is 0.0117. The van der Waals surface area contributed by atoms with E-state index in [1.54, 1.807) is 35.4 Å². The Morgan fingerprint density at radius 2 is 2.00 bits per heavy atom. The maximum absolute atomic E-state index is 13.2. The summed E-state index contributed by atoms with van der Waals surface area (Å²) in [5, 5.41) is 2.72. The van der Waals surface area contributed by atoms with Gasteiger partial charge >= 0.3 is 5.69 Å². The molecule has 36 heavy (non-hydrogen) atoms. The van der Waals surface area contributed by atoms with Crippen molar-refractivity contribution in [3.05, 3.63) is 57.9 Å². The first-order chi connectivity index (χ1) is 17.2. The van der Waals surface area contributed by atoms with Crippen LogP contribution in [0.1, 0.15) is 46.5 Å². The number of carbonyl (C=O) groups excluding carboxylic acids is 2. The molecule has 0 fully saturated rings. The van der Waals surface area contributed by atoms with E-state index in [-0.39, 0.29) is 42.7 Å². The van der Waals surface area contributed by atoms with E-state index in [9.17, 15) is 19.2 Å². The van der Waals surface area contributed by atoms with E-state index in [4.69, 9.17) is 5.73 Å². The molecule has 0 aliphatic rings. The van der Waals surface area contributed by atoms with Gasteiger partial charge in [-0.2, -0.15) is 0 Å². The Hall–Kier alpha value is -4.22. The van der Waals surface area contributed by atoms with E-state index >= 15 is 0 Å². The molecule has 0 unspecified atom stereocenters. The van der Waals surface area contributed by atoms with Crippen molar-refractivity contribution in [2.75, 3.05) is 22.5 Å². The normalized spacial score (nSPS) is 11.0. The molecule has 0 bridgehead atoms. The van der Waals surface area contributed by atoms with Crippen LogP contribution in [-0.4, -0.2) is 42.4 Å². The third-order valence-electron chi connectivity index (χ3n) is 5.43. The summed E-state index contributed by atoms with van der Waals surface area (Å²) >= 11 is 0. The van der Waals surface area contributed by atoms with Crippen molar-refractivity contribution in [1.82, 2.24) is 24.1 Å². The monoisotopic (exact) mass is 496 g/mol. The second-order valence-electron chi connectivity index (χ2n) is 8.82. The Balaban J connectivity index is 1.72. The lowest BCUT2D eigenvalue weighted by atomic mass is 10.1. The van der Waals surface area contributed by atoms with Crippen LogP contribution in [0, 0.1) is 5.92 Å². The van der Waals surface area contributed by atoms with Crippen molar-refractivity contribution in [1.29, 1.82) is 0 Å². The van der Waals surface area contributed by atoms with Crippen molar-refractivity contribution in [2.24, 2.45) is 5.92 Å². The van der Waals surface area contributed by atoms with E-state index in [0.717, 1.165) is 6.42 Å². The molecule has 0 aliphatic carbocycles. The number of pyridine rings is 1. The van der Waals surface area contributed by atoms with Crippen molar-refractivity contribution in [3.63, 3.8) is 0 Å². The van der Waals surface area contributed by atoms with Crippen LogP contribution >= 0.6 is 0 Å². The Morgan fingerprint density at radius 3 is 2.61 bits per heavy atom. The van der Waals surface area contributed by atoms with E-state index in [0.29, 0.717) is 24.5 Å². The van der Waals surface area contributed by atoms with Gasteiger partial charge in [0.2, 0.25) is 11.8 Å². The van der Waals surface area contributed by atoms with Gasteiger partial charge in [-0.05, 0) is 24.5 Å². The Labute approximate surface area is 208 Å². The number of hydrogen-bond acceptors (Lipinski definition) is 7. The molecule has 192 valence electrons. The highest BCUT2D eigenvalue weighted by molar-refractivity contribution is 5.99. The number of carbonyl (C=O) groups is 2. The molecule has 0 spiro atoms. The molecule has 0 atom stereocenters. The Morgan fingerprint density at radius 1 is 1.22 bits per heavy atom. The summed E-state index contributed by atoms with van der Waals surface area (Å²) in [5.74, 6) is -0.212. The fourth-order valence-corrected chi connectivity index (χ4v) is 3.65. The largest absolute Gasteiger partial charge is 0.383 e. The minimum atomic E-state index is -0.729. The van der Waals surface area contributed by atoms with Gasteiger partial charge < -0.3 is 16.0 Å². The first-order valence-corrected chi connectivity index (χ1v) is 11.9. The van der Waals surface area contributed by atoms with Crippen LogP contribution < -0.4 is 27.2 Å². The van der Waals surface area contributed by atoms with Crippen LogP contribution in [0.4, 0.5) is 17.2 Å². The van der Waals surface area contributed by atoms with Gasteiger partial charge in [-0.1, -0.05) is 27.2 Å². The Bertz CT molecular complexity index is 1290. The van der Waals surface area contributed by atoms with Gasteiger partial charge in [-0.3, -0.25) is 28.5 Å². The number of imidazole rings is 1. The summed E-state index contributed by atoms with van der Waals surface area (Å²) in [7, 11) is 0. The van der Waals surface area contributed by atoms with Crippen LogP contribution in [0.5, 0.6) is 0 Å². The van der Waals surface area contributed by atoms with Crippen molar-refractivity contribution >= 4 is 29.0 Å². The summed E-state index contributed by atoms with van der Waals surface area (Å²) in [6, 6.07) is 3.43. The number of unbranched alkanes of at least 4 members (excludes halogenated alkanes) is 1. The van der Waals surface area contributed by atoms with Gasteiger partial charge in [-0.25, -0.2) is 14.8 Å². The van der Waals surface area contributed by atoms with Crippen molar-refractivity contribution in [2.45, 2.75) is 53.0 Å². The lowest BCUT2D eigenvalue weighted by Crippen LogP contribution is -2.42. The Kier molecular flexibility index (Phi) is 8.76. The van der Waals surface area contributed by atoms with Crippen LogP contribution in [-0.2, 0) is 16.1 Å². The first-order valence-electron chi connectivity index (χ1n) is 11.9. The number of aromatic amines is 1. The minimum Gasteiger partial charge on any atom is -0.383 e. The fraction of sp³-hybridized carbons (Fsp3) is 0.417. The van der Waals surface area contributed by atoms with Gasteiger partial charge in [0, 0.05) is 38.3 Å². The van der Waals surface area contributed by atoms with Gasteiger partial charge in [0.25, 0.3) is 5.56 Å². The average Bonchev–Trinajstić information content (AvgIpc) is 3.37. The van der Waals surface area contributed by atoms with Crippen LogP contribution in [0.25, 0.3) is 5.82 Å². The van der Waals surface area contributed by atoms with Crippen LogP contribution in [0.2, 0.25) is 0 Å². The molecule has 4 N–H and O–H groups in total. The molecule has 3 aromatic rings. The summed E-state index contributed by atoms with van der Waals surface area (Å²) in [5.41, 5.74) is 5.28. The van der Waals surface area contributed by atoms with Crippen LogP contribution in [0.15, 0.2) is 46.6 Å². The van der Waals surface area contributed by atoms with Crippen molar-refractivity contribution in [3.8, 4) is 5.82 Å². The standard InChI is InChI=1S/C24H32N8O4/c1-4-5-11-31-22(25)21(23(35)29-24(31)36)32(14-16(2)3)20(34)9-8-19(33)28-17-6-7-18(27-13-17)30-12-10-26-15-30/h6-7,10,12-13,15-16H,4-5,8-9,11,14,25H2,1-3H3,(H,28,33)(H,29,35,36). The smallest absolute Gasteiger partial charge is 0.330 e. The number of rotatable bonds is 11. The number of nitrogens with zero attached hydrogens (tertiary/aromatic N) is 5. The predicted molar refractivity (Wildman–Crippen MR) is 137 cm³/mol. The summed E-state index contributed by atoms with van der Waals surface area (Å²) in [6.07, 6.45) is 7.78. The summed E-state index contributed by atoms with van der Waals surface area (Å²) in [6.45, 7) is 6.29. The molecule has 12 heteroatoms. The highest BCUT2D eigenvalue weighted by atomic mass is 16.2. The molecule has 0 saturated carbocycles. The zero-order valence-corrected chi connectivity index (χ0v) is 20.7. The third-order valence-corrected chi connectivity index (χ3v) is 5.43. The molecule has 0 radical (unpaired) electrons. The number of amides is 2. The summed E-state index contributed by atoms with van der Waals surface area (Å²) < 4.78 is 3.00. The highest BCUT2D eigenvalue weighted by Gasteiger charge is 2.25. The first kappa shape index (κ1) is 26.4. The topological polar surface area (TPSA) is 161 Å². The van der Waals surface area contributed by atoms with E-state index in [1.807, 2.05) is 20.8 Å². The molecule has 2 amide bonds. The zero-order chi connectivity index (χ0) is 26.2. The number of hydrogen-bond donors (Lipinski definition) is 3. The molecule has 0 aliphatic heterocycles. The highest BCUT2D eigenvalue weighted by Crippen LogP contribution is 2.20. The van der Waals surface area contributed by atoms with E-state index in [1.165, 1.54) is 15.7 Å². The van der Waals surface area contributed by atoms with Crippen molar-refractivity contribution < 1.29 is 9.59 Å². The number of nitrogens with one attached hydrogen (secondary N) is 2. The second kappa shape index (κ2) is 12.0. The van der Waals surface area contributed by atoms with Gasteiger partial charge in [0.15, 0.2) is 5.69 Å². The number of nitrogens with two attached hydrogens (primary N) is 1. The molecular weight excluding hydrogens is 464 g/mol. The van der Waals surface area contributed by atoms with E-state index < -0.39 is 17.2 Å². The maximum Gasteiger partial charge on any atom is 0.330 e. The van der Waals surface area contributed by atoms with Gasteiger partial charge in [0.05, 0.1) is 11.9 Å². The molecule has 0 saturated heterocycles. The molecule has 12 nitrogen and oxygen atoms in total. The quantitative estimate of drug-likeness (QED) is 0.365. The van der Waals surface area contributed by atoms with E-state index in [2.05, 4.69) is 20.3 Å². The number of anilines is 3. The second-order valence-corrected chi connectivity index (χ2v) is 8.82. The molecular formula is C24H32N8O4. The lowest BCUT2D eigenvalue weighted by molar-refractivity contribution is -0.122. The molecule has 3 aromatic heterocycles. The summed E-state index contributed by atoms with van der Waals surface area (Å²) in [4.78, 5) is 62.4. The number of nitrogen functional groups attached to an aromatic ring is 1. The van der Waals surface area contributed by atoms with Gasteiger partial charge in [-0.15, -0.1) is 0 Å². The third kappa shape index (κ3) is 6.46. The molecule has 3 heterocycles. The SMILES string of the molecule is CCCCn1c(N)c(N(CC(C)C)C(=O)CCC(=O)Nc2ccc(-n3ccnc3)nc2)c(=O)[nH]c1=O. The average molecular weight is 497 g/mol. The molecule has 3 rings (SSSR count). The lowest BCUT2D eigenvalue weighted by Gasteiger charge is -2.26. The number of aromatic nitrogens is 5. The number of H-pyrrole nitrogens is 1.